The van der Waals surface area contributed by atoms with E-state index < -0.39 is 11.9 Å². The molecule has 2 N–H and O–H groups in total. The van der Waals surface area contributed by atoms with Gasteiger partial charge in [0.25, 0.3) is 11.8 Å². The number of nitrogens with one attached hydrogen (secondary N) is 1. The zero-order valence-corrected chi connectivity index (χ0v) is 12.7. The number of benzene rings is 1. The van der Waals surface area contributed by atoms with E-state index in [1.807, 2.05) is 6.92 Å². The summed E-state index contributed by atoms with van der Waals surface area (Å²) in [7, 11) is 0. The Balaban J connectivity index is 1.81. The quantitative estimate of drug-likeness (QED) is 0.854. The Hall–Kier alpha value is -2.57. The van der Waals surface area contributed by atoms with Crippen molar-refractivity contribution in [3.63, 3.8) is 0 Å². The summed E-state index contributed by atoms with van der Waals surface area (Å²) in [6, 6.07) is 4.85. The zero-order valence-electron chi connectivity index (χ0n) is 12.7. The van der Waals surface area contributed by atoms with E-state index in [0.29, 0.717) is 30.0 Å². The molecule has 1 fully saturated rings. The van der Waals surface area contributed by atoms with E-state index in [0.717, 1.165) is 0 Å². The Morgan fingerprint density at radius 1 is 1.35 bits per heavy atom. The number of piperidine rings is 1. The highest BCUT2D eigenvalue weighted by atomic mass is 16.5. The number of amides is 2. The van der Waals surface area contributed by atoms with Gasteiger partial charge >= 0.3 is 5.97 Å². The van der Waals surface area contributed by atoms with Crippen LogP contribution in [0.3, 0.4) is 0 Å². The number of nitrogens with zero attached hydrogens (tertiary/aromatic N) is 1. The largest absolute Gasteiger partial charge is 0.482 e. The maximum Gasteiger partial charge on any atom is 0.308 e. The number of likely N-dealkylation sites (tertiary alicyclic amines) is 1. The molecule has 0 radical (unpaired) electrons. The maximum absolute atomic E-state index is 12.7. The van der Waals surface area contributed by atoms with Gasteiger partial charge in [-0.25, -0.2) is 0 Å². The van der Waals surface area contributed by atoms with Crippen molar-refractivity contribution in [1.82, 2.24) is 4.90 Å². The smallest absolute Gasteiger partial charge is 0.308 e. The molecular weight excluding hydrogens is 300 g/mol. The molecule has 2 aliphatic rings. The highest BCUT2D eigenvalue weighted by Gasteiger charge is 2.32. The number of aliphatic carboxylic acids is 1. The third kappa shape index (κ3) is 3.13. The van der Waals surface area contributed by atoms with Crippen molar-refractivity contribution < 1.29 is 24.2 Å². The number of anilines is 1. The summed E-state index contributed by atoms with van der Waals surface area (Å²) < 4.78 is 5.27. The van der Waals surface area contributed by atoms with Crippen LogP contribution in [0.2, 0.25) is 0 Å². The zero-order chi connectivity index (χ0) is 16.6. The van der Waals surface area contributed by atoms with Gasteiger partial charge in [0.05, 0.1) is 11.6 Å². The molecule has 2 atom stereocenters. The number of carbonyl (C=O) groups excluding carboxylic acids is 2. The number of hydrogen-bond donors (Lipinski definition) is 2. The first-order valence-corrected chi connectivity index (χ1v) is 7.53. The molecule has 2 heterocycles. The average molecular weight is 318 g/mol. The summed E-state index contributed by atoms with van der Waals surface area (Å²) in [5, 5.41) is 11.9. The molecule has 2 aliphatic heterocycles. The lowest BCUT2D eigenvalue weighted by Crippen LogP contribution is -2.45. The predicted octanol–water partition coefficient (Wildman–Crippen LogP) is 1.20. The van der Waals surface area contributed by atoms with Crippen LogP contribution in [0.4, 0.5) is 5.69 Å². The van der Waals surface area contributed by atoms with Crippen LogP contribution in [-0.2, 0) is 9.59 Å². The van der Waals surface area contributed by atoms with Crippen molar-refractivity contribution in [2.75, 3.05) is 25.0 Å². The van der Waals surface area contributed by atoms with Crippen LogP contribution in [0, 0.1) is 11.8 Å². The van der Waals surface area contributed by atoms with Crippen molar-refractivity contribution in [3.05, 3.63) is 23.8 Å². The monoisotopic (exact) mass is 318 g/mol. The van der Waals surface area contributed by atoms with Crippen LogP contribution in [-0.4, -0.2) is 47.5 Å². The Labute approximate surface area is 133 Å². The van der Waals surface area contributed by atoms with Gasteiger partial charge in [-0.05, 0) is 30.5 Å². The number of ether oxygens (including phenoxy) is 1. The Bertz CT molecular complexity index is 672. The number of hydrogen-bond acceptors (Lipinski definition) is 4. The Morgan fingerprint density at radius 3 is 2.87 bits per heavy atom. The highest BCUT2D eigenvalue weighted by molar-refractivity contribution is 6.00. The van der Waals surface area contributed by atoms with Crippen molar-refractivity contribution >= 4 is 23.5 Å². The second kappa shape index (κ2) is 5.91. The fourth-order valence-electron chi connectivity index (χ4n) is 3.10. The number of carboxylic acid groups (broad SMARTS) is 1. The standard InChI is InChI=1S/C16H18N2O5/c1-9-4-11(16(21)22)7-18(6-9)15(20)10-2-3-13-12(5-10)17-14(19)8-23-13/h2-3,5,9,11H,4,6-8H2,1H3,(H,17,19)(H,21,22). The number of fused-ring (bicyclic) bond motifs is 1. The molecule has 0 aliphatic carbocycles. The van der Waals surface area contributed by atoms with Gasteiger partial charge in [0.2, 0.25) is 0 Å². The minimum absolute atomic E-state index is 0.0375. The molecule has 0 saturated carbocycles. The molecule has 23 heavy (non-hydrogen) atoms. The van der Waals surface area contributed by atoms with E-state index in [4.69, 9.17) is 4.74 Å². The first-order chi connectivity index (χ1) is 10.9. The van der Waals surface area contributed by atoms with Gasteiger partial charge in [-0.1, -0.05) is 6.92 Å². The molecular formula is C16H18N2O5. The Kier molecular flexibility index (Phi) is 3.94. The lowest BCUT2D eigenvalue weighted by atomic mass is 9.90. The lowest BCUT2D eigenvalue weighted by Gasteiger charge is -2.34. The molecule has 0 spiro atoms. The van der Waals surface area contributed by atoms with E-state index in [1.165, 1.54) is 0 Å². The highest BCUT2D eigenvalue weighted by Crippen LogP contribution is 2.30. The number of rotatable bonds is 2. The summed E-state index contributed by atoms with van der Waals surface area (Å²) in [6.45, 7) is 2.64. The normalized spacial score (nSPS) is 23.5. The third-order valence-electron chi connectivity index (χ3n) is 4.16. The lowest BCUT2D eigenvalue weighted by molar-refractivity contribution is -0.143. The molecule has 1 saturated heterocycles. The van der Waals surface area contributed by atoms with E-state index in [9.17, 15) is 19.5 Å². The minimum Gasteiger partial charge on any atom is -0.482 e. The van der Waals surface area contributed by atoms with Gasteiger partial charge in [-0.15, -0.1) is 0 Å². The van der Waals surface area contributed by atoms with E-state index in [2.05, 4.69) is 5.32 Å². The SMILES string of the molecule is CC1CC(C(=O)O)CN(C(=O)c2ccc3c(c2)NC(=O)CO3)C1. The molecule has 3 rings (SSSR count). The molecule has 1 aromatic rings. The van der Waals surface area contributed by atoms with Crippen LogP contribution < -0.4 is 10.1 Å². The van der Waals surface area contributed by atoms with E-state index in [-0.39, 0.29) is 30.9 Å². The number of carboxylic acids is 1. The summed E-state index contributed by atoms with van der Waals surface area (Å²) in [5.41, 5.74) is 0.875. The fraction of sp³-hybridized carbons (Fsp3) is 0.438. The third-order valence-corrected chi connectivity index (χ3v) is 4.16. The maximum atomic E-state index is 12.7. The molecule has 1 aromatic carbocycles. The van der Waals surface area contributed by atoms with Crippen LogP contribution in [0.1, 0.15) is 23.7 Å². The first-order valence-electron chi connectivity index (χ1n) is 7.53. The van der Waals surface area contributed by atoms with E-state index in [1.54, 1.807) is 23.1 Å². The molecule has 2 amide bonds. The second-order valence-electron chi connectivity index (χ2n) is 6.13. The summed E-state index contributed by atoms with van der Waals surface area (Å²) in [5.74, 6) is -1.25. The van der Waals surface area contributed by atoms with Crippen molar-refractivity contribution in [3.8, 4) is 5.75 Å². The van der Waals surface area contributed by atoms with Crippen LogP contribution in [0.15, 0.2) is 18.2 Å². The average Bonchev–Trinajstić information content (AvgIpc) is 2.52. The Morgan fingerprint density at radius 2 is 2.13 bits per heavy atom. The van der Waals surface area contributed by atoms with Crippen LogP contribution in [0.5, 0.6) is 5.75 Å². The van der Waals surface area contributed by atoms with Gasteiger partial charge in [0, 0.05) is 18.7 Å². The predicted molar refractivity (Wildman–Crippen MR) is 81.4 cm³/mol. The molecule has 0 aromatic heterocycles. The van der Waals surface area contributed by atoms with Crippen LogP contribution >= 0.6 is 0 Å². The molecule has 0 bridgehead atoms. The van der Waals surface area contributed by atoms with Gasteiger partial charge in [-0.2, -0.15) is 0 Å². The summed E-state index contributed by atoms with van der Waals surface area (Å²) in [4.78, 5) is 36.8. The summed E-state index contributed by atoms with van der Waals surface area (Å²) in [6.07, 6.45) is 0.577. The van der Waals surface area contributed by atoms with Gasteiger partial charge in [-0.3, -0.25) is 14.4 Å². The van der Waals surface area contributed by atoms with Crippen molar-refractivity contribution in [1.29, 1.82) is 0 Å². The number of carbonyl (C=O) groups is 3. The topological polar surface area (TPSA) is 95.9 Å². The van der Waals surface area contributed by atoms with E-state index >= 15 is 0 Å². The van der Waals surface area contributed by atoms with Gasteiger partial charge in [0.15, 0.2) is 6.61 Å². The summed E-state index contributed by atoms with van der Waals surface area (Å²) >= 11 is 0. The molecule has 2 unspecified atom stereocenters. The van der Waals surface area contributed by atoms with Crippen molar-refractivity contribution in [2.45, 2.75) is 13.3 Å². The van der Waals surface area contributed by atoms with Crippen molar-refractivity contribution in [2.24, 2.45) is 11.8 Å². The molecule has 7 nitrogen and oxygen atoms in total. The fourth-order valence-corrected chi connectivity index (χ4v) is 3.10. The minimum atomic E-state index is -0.875. The second-order valence-corrected chi connectivity index (χ2v) is 6.13. The molecule has 122 valence electrons. The first kappa shape index (κ1) is 15.3. The van der Waals surface area contributed by atoms with Gasteiger partial charge < -0.3 is 20.1 Å². The van der Waals surface area contributed by atoms with Crippen LogP contribution in [0.25, 0.3) is 0 Å². The molecule has 7 heteroatoms. The van der Waals surface area contributed by atoms with Gasteiger partial charge in [0.1, 0.15) is 5.75 Å².